The van der Waals surface area contributed by atoms with Gasteiger partial charge in [0.05, 0.1) is 22.5 Å². The molecule has 0 unspecified atom stereocenters. The normalized spacial score (nSPS) is 15.5. The minimum Gasteiger partial charge on any atom is -0.507 e. The smallest absolute Gasteiger partial charge is 0.341 e. The van der Waals surface area contributed by atoms with Crippen LogP contribution in [0.2, 0.25) is 0 Å². The fourth-order valence-corrected chi connectivity index (χ4v) is 5.36. The van der Waals surface area contributed by atoms with Crippen molar-refractivity contribution in [2.75, 3.05) is 37.7 Å². The third-order valence-corrected chi connectivity index (χ3v) is 7.42. The molecule has 3 aromatic carbocycles. The highest BCUT2D eigenvalue weighted by Crippen LogP contribution is 2.35. The molecule has 1 aromatic heterocycles. The molecule has 0 radical (unpaired) electrons. The molecule has 0 atom stereocenters. The van der Waals surface area contributed by atoms with Gasteiger partial charge in [0.1, 0.15) is 29.6 Å². The lowest BCUT2D eigenvalue weighted by Crippen LogP contribution is -2.46. The maximum atomic E-state index is 15.5. The van der Waals surface area contributed by atoms with Gasteiger partial charge in [-0.3, -0.25) is 4.79 Å². The van der Waals surface area contributed by atoms with Crippen LogP contribution in [0.3, 0.4) is 0 Å². The topological polar surface area (TPSA) is 112 Å². The lowest BCUT2D eigenvalue weighted by atomic mass is 10.0. The van der Waals surface area contributed by atoms with Gasteiger partial charge in [-0.15, -0.1) is 0 Å². The Morgan fingerprint density at radius 1 is 0.902 bits per heavy atom. The fraction of sp³-hybridized carbons (Fsp3) is 0.167. The molecule has 1 saturated heterocycles. The third-order valence-electron chi connectivity index (χ3n) is 7.42. The standard InChI is InChI=1S/C30H23F2N3O6/c31-17-5-7-18(8-6-17)35-15-21(29(38)39)28(37)20-13-22(32)24(14-23(20)35)33-9-11-34(12-10-33)25-16-41-30(40)27(25)19-3-1-2-4-26(19)36/h1-8,13-15,36H,9-12,16H2,(H,38,39). The van der Waals surface area contributed by atoms with Crippen molar-refractivity contribution in [3.8, 4) is 11.4 Å². The second kappa shape index (κ2) is 10.1. The highest BCUT2D eigenvalue weighted by atomic mass is 19.1. The Morgan fingerprint density at radius 2 is 1.59 bits per heavy atom. The maximum Gasteiger partial charge on any atom is 0.341 e. The summed E-state index contributed by atoms with van der Waals surface area (Å²) in [5.74, 6) is -3.19. The highest BCUT2D eigenvalue weighted by Gasteiger charge is 2.33. The molecule has 0 saturated carbocycles. The van der Waals surface area contributed by atoms with Crippen LogP contribution in [0.25, 0.3) is 22.2 Å². The Balaban J connectivity index is 1.36. The third kappa shape index (κ3) is 4.54. The van der Waals surface area contributed by atoms with Crippen molar-refractivity contribution in [2.45, 2.75) is 0 Å². The van der Waals surface area contributed by atoms with Crippen molar-refractivity contribution in [3.63, 3.8) is 0 Å². The molecular formula is C30H23F2N3O6. The minimum absolute atomic E-state index is 0.0334. The number of carbonyl (C=O) groups excluding carboxylic acids is 1. The Kier molecular flexibility index (Phi) is 6.41. The number of nitrogens with zero attached hydrogens (tertiary/aromatic N) is 3. The number of carboxylic acids is 1. The summed E-state index contributed by atoms with van der Waals surface area (Å²) in [6.07, 6.45) is 1.16. The number of hydrogen-bond donors (Lipinski definition) is 2. The van der Waals surface area contributed by atoms with E-state index >= 15 is 4.39 Å². The van der Waals surface area contributed by atoms with E-state index in [2.05, 4.69) is 0 Å². The first-order valence-electron chi connectivity index (χ1n) is 12.8. The molecule has 11 heteroatoms. The summed E-state index contributed by atoms with van der Waals surface area (Å²) in [7, 11) is 0. The van der Waals surface area contributed by atoms with Crippen LogP contribution in [0.15, 0.2) is 77.4 Å². The van der Waals surface area contributed by atoms with Gasteiger partial charge in [-0.1, -0.05) is 18.2 Å². The first-order valence-corrected chi connectivity index (χ1v) is 12.8. The van der Waals surface area contributed by atoms with E-state index in [0.717, 1.165) is 12.3 Å². The van der Waals surface area contributed by atoms with Gasteiger partial charge in [-0.05, 0) is 42.5 Å². The molecule has 4 aromatic rings. The molecule has 0 aliphatic carbocycles. The average molecular weight is 560 g/mol. The number of pyridine rings is 1. The highest BCUT2D eigenvalue weighted by molar-refractivity contribution is 6.20. The number of aromatic nitrogens is 1. The SMILES string of the molecule is O=C1OCC(N2CCN(c3cc4c(cc3F)c(=O)c(C(=O)O)cn4-c3ccc(F)cc3)CC2)=C1c1ccccc1O. The van der Waals surface area contributed by atoms with Gasteiger partial charge in [0.15, 0.2) is 0 Å². The van der Waals surface area contributed by atoms with Gasteiger partial charge in [-0.25, -0.2) is 18.4 Å². The number of carbonyl (C=O) groups is 2. The molecule has 0 spiro atoms. The number of ether oxygens (including phenoxy) is 1. The minimum atomic E-state index is -1.46. The Bertz CT molecular complexity index is 1810. The van der Waals surface area contributed by atoms with Crippen LogP contribution in [0.4, 0.5) is 14.5 Å². The summed E-state index contributed by atoms with van der Waals surface area (Å²) in [6, 6.07) is 14.3. The number of hydrogen-bond acceptors (Lipinski definition) is 7. The van der Waals surface area contributed by atoms with Crippen molar-refractivity contribution in [1.82, 2.24) is 9.47 Å². The van der Waals surface area contributed by atoms with E-state index in [1.807, 2.05) is 4.90 Å². The number of esters is 1. The van der Waals surface area contributed by atoms with E-state index in [1.165, 1.54) is 41.0 Å². The van der Waals surface area contributed by atoms with Crippen LogP contribution >= 0.6 is 0 Å². The van der Waals surface area contributed by atoms with Crippen molar-refractivity contribution in [3.05, 3.63) is 106 Å². The predicted molar refractivity (Wildman–Crippen MR) is 146 cm³/mol. The number of halogens is 2. The number of phenols is 1. The van der Waals surface area contributed by atoms with Crippen molar-refractivity contribution >= 4 is 34.1 Å². The number of benzene rings is 3. The summed E-state index contributed by atoms with van der Waals surface area (Å²) in [4.78, 5) is 41.0. The van der Waals surface area contributed by atoms with Gasteiger partial charge in [0, 0.05) is 49.0 Å². The number of cyclic esters (lactones) is 1. The number of fused-ring (bicyclic) bond motifs is 1. The molecule has 3 heterocycles. The number of aromatic carboxylic acids is 1. The van der Waals surface area contributed by atoms with Gasteiger partial charge >= 0.3 is 11.9 Å². The predicted octanol–water partition coefficient (Wildman–Crippen LogP) is 3.76. The largest absolute Gasteiger partial charge is 0.507 e. The van der Waals surface area contributed by atoms with Gasteiger partial charge in [0.2, 0.25) is 5.43 Å². The van der Waals surface area contributed by atoms with Crippen LogP contribution in [-0.2, 0) is 9.53 Å². The van der Waals surface area contributed by atoms with Gasteiger partial charge in [-0.2, -0.15) is 0 Å². The van der Waals surface area contributed by atoms with E-state index in [1.54, 1.807) is 23.1 Å². The maximum absolute atomic E-state index is 15.5. The van der Waals surface area contributed by atoms with E-state index in [9.17, 15) is 29.0 Å². The molecule has 9 nitrogen and oxygen atoms in total. The zero-order valence-corrected chi connectivity index (χ0v) is 21.5. The molecule has 6 rings (SSSR count). The molecule has 0 bridgehead atoms. The zero-order chi connectivity index (χ0) is 28.8. The van der Waals surface area contributed by atoms with E-state index in [-0.39, 0.29) is 28.9 Å². The van der Waals surface area contributed by atoms with Crippen molar-refractivity contribution < 1.29 is 33.3 Å². The number of carboxylic acid groups (broad SMARTS) is 1. The van der Waals surface area contributed by atoms with E-state index in [4.69, 9.17) is 4.74 Å². The summed E-state index contributed by atoms with van der Waals surface area (Å²) in [5.41, 5.74) is 0.838. The monoisotopic (exact) mass is 559 g/mol. The Morgan fingerprint density at radius 3 is 2.27 bits per heavy atom. The Labute approximate surface area is 231 Å². The quantitative estimate of drug-likeness (QED) is 0.356. The van der Waals surface area contributed by atoms with Crippen molar-refractivity contribution in [1.29, 1.82) is 0 Å². The molecule has 2 N–H and O–H groups in total. The fourth-order valence-electron chi connectivity index (χ4n) is 5.36. The number of piperazine rings is 1. The van der Waals surface area contributed by atoms with Crippen LogP contribution in [-0.4, -0.2) is 64.4 Å². The summed E-state index contributed by atoms with van der Waals surface area (Å²) in [5, 5.41) is 19.8. The second-order valence-electron chi connectivity index (χ2n) is 9.73. The number of phenolic OH excluding ortho intramolecular Hbond substituents is 1. The lowest BCUT2D eigenvalue weighted by molar-refractivity contribution is -0.134. The van der Waals surface area contributed by atoms with E-state index < -0.39 is 34.6 Å². The molecule has 41 heavy (non-hydrogen) atoms. The molecular weight excluding hydrogens is 536 g/mol. The number of anilines is 1. The average Bonchev–Trinajstić information content (AvgIpc) is 3.35. The molecule has 2 aliphatic heterocycles. The van der Waals surface area contributed by atoms with Gasteiger partial charge in [0.25, 0.3) is 0 Å². The van der Waals surface area contributed by atoms with Crippen molar-refractivity contribution in [2.24, 2.45) is 0 Å². The van der Waals surface area contributed by atoms with E-state index in [0.29, 0.717) is 48.7 Å². The zero-order valence-electron chi connectivity index (χ0n) is 21.5. The summed E-state index contributed by atoms with van der Waals surface area (Å²) >= 11 is 0. The molecule has 2 aliphatic rings. The summed E-state index contributed by atoms with van der Waals surface area (Å²) < 4.78 is 35.8. The second-order valence-corrected chi connectivity index (χ2v) is 9.73. The summed E-state index contributed by atoms with van der Waals surface area (Å²) in [6.45, 7) is 1.62. The van der Waals surface area contributed by atoms with Crippen LogP contribution in [0.1, 0.15) is 15.9 Å². The van der Waals surface area contributed by atoms with Crippen LogP contribution in [0, 0.1) is 11.6 Å². The molecule has 208 valence electrons. The first kappa shape index (κ1) is 26.1. The van der Waals surface area contributed by atoms with Gasteiger partial charge < -0.3 is 29.3 Å². The number of para-hydroxylation sites is 1. The lowest BCUT2D eigenvalue weighted by Gasteiger charge is -2.38. The Hall–Kier alpha value is -5.19. The number of rotatable bonds is 5. The van der Waals surface area contributed by atoms with Crippen LogP contribution in [0.5, 0.6) is 5.75 Å². The number of aromatic hydroxyl groups is 1. The van der Waals surface area contributed by atoms with Crippen LogP contribution < -0.4 is 10.3 Å². The first-order chi connectivity index (χ1) is 19.7. The molecule has 1 fully saturated rings. The molecule has 0 amide bonds.